The molecule has 0 saturated heterocycles. The van der Waals surface area contributed by atoms with Gasteiger partial charge in [0, 0.05) is 6.54 Å². The molecule has 1 unspecified atom stereocenters. The highest BCUT2D eigenvalue weighted by atomic mass is 16.4. The molecular formula is C10H15N3O3. The highest BCUT2D eigenvalue weighted by Crippen LogP contribution is 2.21. The lowest BCUT2D eigenvalue weighted by Crippen LogP contribution is -2.43. The highest BCUT2D eigenvalue weighted by molar-refractivity contribution is 5.90. The van der Waals surface area contributed by atoms with Crippen LogP contribution >= 0.6 is 0 Å². The predicted molar refractivity (Wildman–Crippen MR) is 56.3 cm³/mol. The van der Waals surface area contributed by atoms with Crippen LogP contribution in [0.5, 0.6) is 0 Å². The first kappa shape index (κ1) is 11.1. The number of hydrogen-bond donors (Lipinski definition) is 2. The van der Waals surface area contributed by atoms with E-state index in [1.807, 2.05) is 11.9 Å². The van der Waals surface area contributed by atoms with Gasteiger partial charge in [-0.15, -0.1) is 0 Å². The van der Waals surface area contributed by atoms with E-state index >= 15 is 0 Å². The van der Waals surface area contributed by atoms with E-state index in [0.29, 0.717) is 24.3 Å². The maximum atomic E-state index is 11.1. The summed E-state index contributed by atoms with van der Waals surface area (Å²) in [5, 5.41) is 22.5. The first-order valence-electron chi connectivity index (χ1n) is 5.15. The smallest absolute Gasteiger partial charge is 0.339 e. The molecule has 0 bridgehead atoms. The zero-order valence-electron chi connectivity index (χ0n) is 9.34. The standard InChI is InChI=1S/C10H15N3O3/c1-6-9(10(15)16)8-4-12(2)7(5-14)3-13(8)11-6/h7,14H,3-5H2,1-2H3,(H,15,16). The number of aliphatic hydroxyl groups excluding tert-OH is 1. The molecule has 0 fully saturated rings. The van der Waals surface area contributed by atoms with Crippen molar-refractivity contribution in [2.75, 3.05) is 13.7 Å². The van der Waals surface area contributed by atoms with Crippen LogP contribution in [0.4, 0.5) is 0 Å². The molecular weight excluding hydrogens is 210 g/mol. The summed E-state index contributed by atoms with van der Waals surface area (Å²) < 4.78 is 1.69. The number of aromatic nitrogens is 2. The van der Waals surface area contributed by atoms with Gasteiger partial charge < -0.3 is 10.2 Å². The van der Waals surface area contributed by atoms with Gasteiger partial charge in [0.15, 0.2) is 0 Å². The second-order valence-corrected chi connectivity index (χ2v) is 4.15. The van der Waals surface area contributed by atoms with Crippen molar-refractivity contribution in [3.05, 3.63) is 17.0 Å². The fourth-order valence-corrected chi connectivity index (χ4v) is 2.12. The van der Waals surface area contributed by atoms with Gasteiger partial charge in [0.1, 0.15) is 5.56 Å². The summed E-state index contributed by atoms with van der Waals surface area (Å²) in [7, 11) is 1.87. The minimum atomic E-state index is -0.936. The van der Waals surface area contributed by atoms with Crippen molar-refractivity contribution < 1.29 is 15.0 Å². The summed E-state index contributed by atoms with van der Waals surface area (Å²) in [5.74, 6) is -0.936. The minimum Gasteiger partial charge on any atom is -0.478 e. The largest absolute Gasteiger partial charge is 0.478 e. The number of carboxylic acids is 1. The van der Waals surface area contributed by atoms with E-state index in [9.17, 15) is 9.90 Å². The third-order valence-electron chi connectivity index (χ3n) is 3.06. The number of aryl methyl sites for hydroxylation is 1. The predicted octanol–water partition coefficient (Wildman–Crippen LogP) is -0.304. The average molecular weight is 225 g/mol. The van der Waals surface area contributed by atoms with Crippen LogP contribution in [0, 0.1) is 6.92 Å². The molecule has 1 aliphatic heterocycles. The topological polar surface area (TPSA) is 78.6 Å². The van der Waals surface area contributed by atoms with Crippen molar-refractivity contribution >= 4 is 5.97 Å². The van der Waals surface area contributed by atoms with Crippen LogP contribution in [-0.2, 0) is 13.1 Å². The highest BCUT2D eigenvalue weighted by Gasteiger charge is 2.29. The van der Waals surface area contributed by atoms with Gasteiger partial charge >= 0.3 is 5.97 Å². The van der Waals surface area contributed by atoms with Crippen LogP contribution in [0.2, 0.25) is 0 Å². The van der Waals surface area contributed by atoms with Crippen LogP contribution in [0.15, 0.2) is 0 Å². The van der Waals surface area contributed by atoms with Gasteiger partial charge in [-0.2, -0.15) is 5.10 Å². The van der Waals surface area contributed by atoms with E-state index in [2.05, 4.69) is 5.10 Å². The number of fused-ring (bicyclic) bond motifs is 1. The summed E-state index contributed by atoms with van der Waals surface area (Å²) in [5.41, 5.74) is 1.55. The monoisotopic (exact) mass is 225 g/mol. The maximum absolute atomic E-state index is 11.1. The normalized spacial score (nSPS) is 20.8. The van der Waals surface area contributed by atoms with Crippen molar-refractivity contribution in [1.82, 2.24) is 14.7 Å². The third-order valence-corrected chi connectivity index (χ3v) is 3.06. The molecule has 0 saturated carbocycles. The second kappa shape index (κ2) is 3.88. The van der Waals surface area contributed by atoms with Gasteiger partial charge in [0.05, 0.1) is 30.6 Å². The van der Waals surface area contributed by atoms with Crippen molar-refractivity contribution in [3.8, 4) is 0 Å². The Bertz CT molecular complexity index is 427. The molecule has 2 rings (SSSR count). The molecule has 6 heteroatoms. The van der Waals surface area contributed by atoms with Gasteiger partial charge in [-0.05, 0) is 14.0 Å². The Morgan fingerprint density at radius 3 is 2.88 bits per heavy atom. The molecule has 0 radical (unpaired) electrons. The molecule has 0 aliphatic carbocycles. The molecule has 0 amide bonds. The lowest BCUT2D eigenvalue weighted by Gasteiger charge is -2.31. The van der Waals surface area contributed by atoms with Crippen molar-refractivity contribution in [1.29, 1.82) is 0 Å². The van der Waals surface area contributed by atoms with E-state index in [4.69, 9.17) is 5.11 Å². The summed E-state index contributed by atoms with van der Waals surface area (Å²) in [4.78, 5) is 13.0. The molecule has 0 spiro atoms. The Morgan fingerprint density at radius 2 is 2.31 bits per heavy atom. The van der Waals surface area contributed by atoms with Gasteiger partial charge in [0.2, 0.25) is 0 Å². The number of rotatable bonds is 2. The summed E-state index contributed by atoms with van der Waals surface area (Å²) in [6.07, 6.45) is 0. The number of aliphatic hydroxyl groups is 1. The van der Waals surface area contributed by atoms with E-state index in [0.717, 1.165) is 5.69 Å². The molecule has 6 nitrogen and oxygen atoms in total. The third kappa shape index (κ3) is 1.60. The van der Waals surface area contributed by atoms with E-state index < -0.39 is 5.97 Å². The fraction of sp³-hybridized carbons (Fsp3) is 0.600. The van der Waals surface area contributed by atoms with Gasteiger partial charge in [0.25, 0.3) is 0 Å². The zero-order chi connectivity index (χ0) is 11.9. The van der Waals surface area contributed by atoms with Crippen LogP contribution in [0.25, 0.3) is 0 Å². The summed E-state index contributed by atoms with van der Waals surface area (Å²) >= 11 is 0. The first-order valence-corrected chi connectivity index (χ1v) is 5.15. The summed E-state index contributed by atoms with van der Waals surface area (Å²) in [6.45, 7) is 2.80. The molecule has 0 aromatic carbocycles. The van der Waals surface area contributed by atoms with Gasteiger partial charge in [-0.25, -0.2) is 4.79 Å². The Balaban J connectivity index is 2.43. The van der Waals surface area contributed by atoms with Crippen molar-refractivity contribution in [3.63, 3.8) is 0 Å². The first-order chi connectivity index (χ1) is 7.54. The fourth-order valence-electron chi connectivity index (χ4n) is 2.12. The number of likely N-dealkylation sites (N-methyl/N-ethyl adjacent to an activating group) is 1. The Kier molecular flexibility index (Phi) is 2.69. The minimum absolute atomic E-state index is 0.00782. The molecule has 1 atom stereocenters. The zero-order valence-corrected chi connectivity index (χ0v) is 9.34. The van der Waals surface area contributed by atoms with Crippen LogP contribution in [0.1, 0.15) is 21.7 Å². The van der Waals surface area contributed by atoms with Crippen LogP contribution in [-0.4, -0.2) is 50.6 Å². The molecule has 1 aliphatic rings. The summed E-state index contributed by atoms with van der Waals surface area (Å²) in [6, 6.07) is 0.00782. The van der Waals surface area contributed by atoms with E-state index in [1.165, 1.54) is 0 Å². The maximum Gasteiger partial charge on any atom is 0.339 e. The SMILES string of the molecule is Cc1nn2c(c1C(=O)O)CN(C)C(CO)C2. The van der Waals surface area contributed by atoms with Gasteiger partial charge in [-0.1, -0.05) is 0 Å². The van der Waals surface area contributed by atoms with Gasteiger partial charge in [-0.3, -0.25) is 9.58 Å². The van der Waals surface area contributed by atoms with Crippen LogP contribution in [0.3, 0.4) is 0 Å². The lowest BCUT2D eigenvalue weighted by atomic mass is 10.1. The molecule has 88 valence electrons. The molecule has 16 heavy (non-hydrogen) atoms. The van der Waals surface area contributed by atoms with Crippen LogP contribution < -0.4 is 0 Å². The Morgan fingerprint density at radius 1 is 1.62 bits per heavy atom. The van der Waals surface area contributed by atoms with E-state index in [1.54, 1.807) is 11.6 Å². The average Bonchev–Trinajstić information content (AvgIpc) is 2.51. The number of hydrogen-bond acceptors (Lipinski definition) is 4. The quantitative estimate of drug-likeness (QED) is 0.722. The number of nitrogens with zero attached hydrogens (tertiary/aromatic N) is 3. The molecule has 2 heterocycles. The van der Waals surface area contributed by atoms with Crippen molar-refractivity contribution in [2.45, 2.75) is 26.1 Å². The number of carboxylic acid groups (broad SMARTS) is 1. The number of carbonyl (C=O) groups is 1. The Labute approximate surface area is 93.1 Å². The molecule has 1 aromatic heterocycles. The number of aromatic carboxylic acids is 1. The molecule has 1 aromatic rings. The Hall–Kier alpha value is -1.40. The van der Waals surface area contributed by atoms with Crippen molar-refractivity contribution in [2.24, 2.45) is 0 Å². The molecule has 2 N–H and O–H groups in total. The second-order valence-electron chi connectivity index (χ2n) is 4.15. The van der Waals surface area contributed by atoms with E-state index in [-0.39, 0.29) is 12.6 Å². The lowest BCUT2D eigenvalue weighted by molar-refractivity contribution is 0.0686.